The highest BCUT2D eigenvalue weighted by Crippen LogP contribution is 2.47. The Hall–Kier alpha value is -2.74. The largest absolute Gasteiger partial charge is 0.356 e. The van der Waals surface area contributed by atoms with Gasteiger partial charge in [0.1, 0.15) is 0 Å². The highest BCUT2D eigenvalue weighted by Gasteiger charge is 2.24. The third-order valence-corrected chi connectivity index (χ3v) is 12.2. The molecule has 3 N–H and O–H groups in total. The number of fused-ring (bicyclic) bond motifs is 2. The highest BCUT2D eigenvalue weighted by atomic mass is 33.1. The molecule has 0 saturated carbocycles. The summed E-state index contributed by atoms with van der Waals surface area (Å²) in [6.45, 7) is 7.14. The van der Waals surface area contributed by atoms with E-state index in [0.717, 1.165) is 47.4 Å². The van der Waals surface area contributed by atoms with E-state index in [9.17, 15) is 23.8 Å². The Morgan fingerprint density at radius 2 is 1.59 bits per heavy atom. The molecule has 0 aromatic heterocycles. The maximum absolute atomic E-state index is 13.3. The molecule has 1 aliphatic rings. The minimum atomic E-state index is -3.51. The summed E-state index contributed by atoms with van der Waals surface area (Å²) in [5.74, 6) is 6.88. The molecule has 2 aromatic carbocycles. The second-order valence-electron chi connectivity index (χ2n) is 11.4. The van der Waals surface area contributed by atoms with E-state index in [2.05, 4.69) is 29.4 Å². The van der Waals surface area contributed by atoms with Crippen LogP contribution in [-0.4, -0.2) is 59.0 Å². The van der Waals surface area contributed by atoms with Gasteiger partial charge in [0.2, 0.25) is 17.7 Å². The van der Waals surface area contributed by atoms with Gasteiger partial charge in [-0.2, -0.15) is 0 Å². The molecule has 9 nitrogen and oxygen atoms in total. The van der Waals surface area contributed by atoms with E-state index >= 15 is 0 Å². The summed E-state index contributed by atoms with van der Waals surface area (Å²) in [5.41, 5.74) is 3.02. The zero-order chi connectivity index (χ0) is 33.4. The van der Waals surface area contributed by atoms with E-state index in [1.54, 1.807) is 40.3 Å². The van der Waals surface area contributed by atoms with Gasteiger partial charge in [0, 0.05) is 54.5 Å². The number of carbonyl (C=O) groups is 3. The summed E-state index contributed by atoms with van der Waals surface area (Å²) < 4.78 is 16.8. The van der Waals surface area contributed by atoms with Crippen molar-refractivity contribution in [3.63, 3.8) is 0 Å². The van der Waals surface area contributed by atoms with Crippen molar-refractivity contribution in [2.45, 2.75) is 83.2 Å². The topological polar surface area (TPSA) is 125 Å². The maximum atomic E-state index is 13.3. The molecule has 0 radical (unpaired) electrons. The van der Waals surface area contributed by atoms with Crippen molar-refractivity contribution in [1.82, 2.24) is 10.6 Å². The second-order valence-corrected chi connectivity index (χ2v) is 16.8. The van der Waals surface area contributed by atoms with Crippen LogP contribution in [0.15, 0.2) is 48.5 Å². The Bertz CT molecular complexity index is 1430. The molecular formula is C34H46N3O6PS2. The number of benzene rings is 2. The summed E-state index contributed by atoms with van der Waals surface area (Å²) in [7, 11) is -0.154. The van der Waals surface area contributed by atoms with Gasteiger partial charge in [0.05, 0.1) is 24.5 Å². The number of rotatable bonds is 19. The number of amides is 3. The summed E-state index contributed by atoms with van der Waals surface area (Å²) >= 11 is 0. The fourth-order valence-electron chi connectivity index (χ4n) is 4.49. The SMILES string of the molecule is CC(CCC(=O)NCCCCCOP(=O)(O)C(C)C)SSCCNC(=O)CCC(=O)N1Cc2ccccc2C#Cc2ccccc21. The highest BCUT2D eigenvalue weighted by molar-refractivity contribution is 8.76. The van der Waals surface area contributed by atoms with Gasteiger partial charge in [-0.3, -0.25) is 18.9 Å². The first-order valence-electron chi connectivity index (χ1n) is 15.8. The number of para-hydroxylation sites is 1. The second kappa shape index (κ2) is 19.8. The first-order chi connectivity index (χ1) is 22.1. The minimum absolute atomic E-state index is 0.0199. The van der Waals surface area contributed by atoms with Crippen molar-refractivity contribution in [1.29, 1.82) is 0 Å². The van der Waals surface area contributed by atoms with E-state index < -0.39 is 13.3 Å². The molecule has 3 amide bonds. The van der Waals surface area contributed by atoms with Crippen LogP contribution < -0.4 is 15.5 Å². The fraction of sp³-hybridized carbons (Fsp3) is 0.500. The van der Waals surface area contributed by atoms with Crippen molar-refractivity contribution < 1.29 is 28.4 Å². The summed E-state index contributed by atoms with van der Waals surface area (Å²) in [6, 6.07) is 15.4. The molecule has 46 heavy (non-hydrogen) atoms. The third-order valence-electron chi connectivity index (χ3n) is 7.33. The lowest BCUT2D eigenvalue weighted by molar-refractivity contribution is -0.125. The molecule has 2 aromatic rings. The molecule has 1 aliphatic heterocycles. The molecule has 2 atom stereocenters. The van der Waals surface area contributed by atoms with Gasteiger partial charge in [0.25, 0.3) is 0 Å². The van der Waals surface area contributed by atoms with Crippen LogP contribution in [0.25, 0.3) is 0 Å². The maximum Gasteiger partial charge on any atom is 0.330 e. The van der Waals surface area contributed by atoms with Gasteiger partial charge < -0.3 is 25.0 Å². The standard InChI is InChI=1S/C34H46N3O6PS2/c1-26(2)44(41,42)43-23-10-4-9-21-35-32(38)18-15-27(3)46-45-24-22-36-33(39)19-20-34(40)37-25-30-13-6-5-11-28(30)16-17-29-12-7-8-14-31(29)37/h5-8,11-14,26-27H,4,9-10,15,18-25H2,1-3H3,(H,35,38)(H,36,39)(H,41,42). The van der Waals surface area contributed by atoms with E-state index in [-0.39, 0.29) is 42.4 Å². The smallest absolute Gasteiger partial charge is 0.330 e. The Morgan fingerprint density at radius 1 is 0.913 bits per heavy atom. The van der Waals surface area contributed by atoms with Crippen molar-refractivity contribution in [2.24, 2.45) is 0 Å². The first kappa shape index (κ1) is 37.7. The Morgan fingerprint density at radius 3 is 2.37 bits per heavy atom. The average Bonchev–Trinajstić information content (AvgIpc) is 3.03. The van der Waals surface area contributed by atoms with Crippen LogP contribution in [0.1, 0.15) is 82.4 Å². The zero-order valence-electron chi connectivity index (χ0n) is 27.0. The van der Waals surface area contributed by atoms with Crippen LogP contribution >= 0.6 is 29.2 Å². The predicted molar refractivity (Wildman–Crippen MR) is 189 cm³/mol. The Balaban J connectivity index is 1.25. The number of unbranched alkanes of at least 4 members (excludes halogenated alkanes) is 2. The number of hydrogen-bond donors (Lipinski definition) is 3. The van der Waals surface area contributed by atoms with Crippen LogP contribution in [0.5, 0.6) is 0 Å². The molecule has 2 unspecified atom stereocenters. The minimum Gasteiger partial charge on any atom is -0.356 e. The fourth-order valence-corrected chi connectivity index (χ4v) is 7.44. The number of nitrogens with one attached hydrogen (secondary N) is 2. The van der Waals surface area contributed by atoms with Crippen LogP contribution in [0.2, 0.25) is 0 Å². The molecule has 0 fully saturated rings. The molecular weight excluding hydrogens is 641 g/mol. The monoisotopic (exact) mass is 687 g/mol. The molecule has 0 bridgehead atoms. The van der Waals surface area contributed by atoms with Crippen molar-refractivity contribution >= 4 is 52.6 Å². The van der Waals surface area contributed by atoms with Gasteiger partial charge in [-0.25, -0.2) is 0 Å². The lowest BCUT2D eigenvalue weighted by Crippen LogP contribution is -2.33. The van der Waals surface area contributed by atoms with E-state index in [1.807, 2.05) is 48.5 Å². The molecule has 12 heteroatoms. The molecule has 0 spiro atoms. The zero-order valence-corrected chi connectivity index (χ0v) is 29.5. The molecule has 0 saturated heterocycles. The van der Waals surface area contributed by atoms with Gasteiger partial charge in [-0.15, -0.1) is 0 Å². The first-order valence-corrected chi connectivity index (χ1v) is 19.9. The summed E-state index contributed by atoms with van der Waals surface area (Å²) in [6.07, 6.45) is 3.71. The number of nitrogens with zero attached hydrogens (tertiary/aromatic N) is 1. The molecule has 3 rings (SSSR count). The van der Waals surface area contributed by atoms with E-state index in [1.165, 1.54) is 0 Å². The van der Waals surface area contributed by atoms with Crippen molar-refractivity contribution in [3.8, 4) is 11.8 Å². The average molecular weight is 688 g/mol. The van der Waals surface area contributed by atoms with E-state index in [0.29, 0.717) is 32.5 Å². The molecule has 1 heterocycles. The van der Waals surface area contributed by atoms with Crippen LogP contribution in [0.4, 0.5) is 5.69 Å². The summed E-state index contributed by atoms with van der Waals surface area (Å²) in [5, 5.41) is 6.12. The number of hydrogen-bond acceptors (Lipinski definition) is 7. The normalized spacial score (nSPS) is 14.1. The summed E-state index contributed by atoms with van der Waals surface area (Å²) in [4.78, 5) is 49.3. The van der Waals surface area contributed by atoms with Gasteiger partial charge in [-0.05, 0) is 49.4 Å². The molecule has 250 valence electrons. The van der Waals surface area contributed by atoms with Crippen LogP contribution in [0, 0.1) is 11.8 Å². The van der Waals surface area contributed by atoms with Crippen LogP contribution in [0.3, 0.4) is 0 Å². The van der Waals surface area contributed by atoms with Gasteiger partial charge in [-0.1, -0.05) is 84.5 Å². The number of carbonyl (C=O) groups excluding carboxylic acids is 3. The number of anilines is 1. The predicted octanol–water partition coefficient (Wildman–Crippen LogP) is 6.28. The Labute approximate surface area is 281 Å². The Kier molecular flexibility index (Phi) is 16.2. The third kappa shape index (κ3) is 13.2. The van der Waals surface area contributed by atoms with Gasteiger partial charge >= 0.3 is 7.60 Å². The van der Waals surface area contributed by atoms with Gasteiger partial charge in [0.15, 0.2) is 0 Å². The quantitative estimate of drug-likeness (QED) is 0.0683. The van der Waals surface area contributed by atoms with Crippen molar-refractivity contribution in [3.05, 3.63) is 65.2 Å². The lowest BCUT2D eigenvalue weighted by Gasteiger charge is -2.26. The lowest BCUT2D eigenvalue weighted by atomic mass is 10.0. The van der Waals surface area contributed by atoms with Crippen LogP contribution in [-0.2, 0) is 30.0 Å². The van der Waals surface area contributed by atoms with Crippen molar-refractivity contribution in [2.75, 3.05) is 30.3 Å². The van der Waals surface area contributed by atoms with E-state index in [4.69, 9.17) is 4.52 Å². The molecule has 0 aliphatic carbocycles.